The van der Waals surface area contributed by atoms with Crippen LogP contribution in [0.3, 0.4) is 0 Å². The highest BCUT2D eigenvalue weighted by molar-refractivity contribution is 7.96. The topological polar surface area (TPSA) is 27.7 Å². The van der Waals surface area contributed by atoms with Crippen molar-refractivity contribution in [2.45, 2.75) is 6.42 Å². The Balaban J connectivity index is 1.66. The minimum atomic E-state index is -2.38. The lowest BCUT2D eigenvalue weighted by Crippen LogP contribution is -2.31. The normalized spacial score (nSPS) is 12.9. The van der Waals surface area contributed by atoms with E-state index in [1.54, 1.807) is 21.3 Å². The molecule has 0 heterocycles. The van der Waals surface area contributed by atoms with Crippen molar-refractivity contribution in [2.75, 3.05) is 21.3 Å². The van der Waals surface area contributed by atoms with E-state index in [2.05, 4.69) is 146 Å². The minimum absolute atomic E-state index is 0.837. The van der Waals surface area contributed by atoms with Gasteiger partial charge in [-0.05, 0) is 93.2 Å². The zero-order valence-corrected chi connectivity index (χ0v) is 25.6. The molecule has 0 aliphatic heterocycles. The van der Waals surface area contributed by atoms with Crippen molar-refractivity contribution in [3.63, 3.8) is 0 Å². The number of hydrogen-bond acceptors (Lipinski definition) is 3. The first-order chi connectivity index (χ1) is 21.2. The van der Waals surface area contributed by atoms with Crippen LogP contribution >= 0.6 is 6.89 Å². The molecule has 0 amide bonds. The average molecular weight is 583 g/mol. The minimum Gasteiger partial charge on any atom is -0.497 e. The lowest BCUT2D eigenvalue weighted by Gasteiger charge is -2.35. The molecule has 0 atom stereocenters. The zero-order chi connectivity index (χ0) is 29.6. The molecule has 0 spiro atoms. The Kier molecular flexibility index (Phi) is 8.36. The van der Waals surface area contributed by atoms with Crippen LogP contribution in [-0.4, -0.2) is 26.6 Å². The predicted molar refractivity (Wildman–Crippen MR) is 183 cm³/mol. The first-order valence-corrected chi connectivity index (χ1v) is 16.2. The van der Waals surface area contributed by atoms with Gasteiger partial charge in [0.2, 0.25) is 0 Å². The Morgan fingerprint density at radius 3 is 1.33 bits per heavy atom. The Hall–Kier alpha value is -4.72. The van der Waals surface area contributed by atoms with Crippen LogP contribution < -0.4 is 30.1 Å². The number of rotatable bonds is 8. The van der Waals surface area contributed by atoms with Gasteiger partial charge >= 0.3 is 0 Å². The fourth-order valence-corrected chi connectivity index (χ4v) is 10.5. The molecule has 214 valence electrons. The van der Waals surface area contributed by atoms with Crippen LogP contribution in [0.1, 0.15) is 12.0 Å². The second kappa shape index (κ2) is 12.7. The first-order valence-electron chi connectivity index (χ1n) is 14.4. The average Bonchev–Trinajstić information content (AvgIpc) is 3.10. The third-order valence-corrected chi connectivity index (χ3v) is 12.6. The van der Waals surface area contributed by atoms with Gasteiger partial charge in [-0.15, -0.1) is 0 Å². The van der Waals surface area contributed by atoms with E-state index in [-0.39, 0.29) is 0 Å². The molecule has 1 aliphatic carbocycles. The summed E-state index contributed by atoms with van der Waals surface area (Å²) >= 11 is 0. The molecule has 0 N–H and O–H groups in total. The summed E-state index contributed by atoms with van der Waals surface area (Å²) in [6.07, 6.45) is 7.59. The first kappa shape index (κ1) is 28.4. The highest BCUT2D eigenvalue weighted by Crippen LogP contribution is 2.51. The summed E-state index contributed by atoms with van der Waals surface area (Å²) in [5.41, 5.74) is 4.89. The molecule has 43 heavy (non-hydrogen) atoms. The lowest BCUT2D eigenvalue weighted by molar-refractivity contribution is 0.415. The van der Waals surface area contributed by atoms with Gasteiger partial charge in [0.1, 0.15) is 17.2 Å². The fourth-order valence-electron chi connectivity index (χ4n) is 5.94. The van der Waals surface area contributed by atoms with E-state index in [0.717, 1.165) is 23.7 Å². The summed E-state index contributed by atoms with van der Waals surface area (Å²) in [6.45, 7) is -2.38. The molecule has 0 saturated heterocycles. The van der Waals surface area contributed by atoms with Gasteiger partial charge in [0, 0.05) is 0 Å². The summed E-state index contributed by atoms with van der Waals surface area (Å²) in [7, 11) is 5.14. The molecule has 3 nitrogen and oxygen atoms in total. The maximum Gasteiger partial charge on any atom is 0.118 e. The van der Waals surface area contributed by atoms with E-state index < -0.39 is 6.89 Å². The van der Waals surface area contributed by atoms with Crippen LogP contribution in [0.4, 0.5) is 0 Å². The summed E-state index contributed by atoms with van der Waals surface area (Å²) in [5, 5.41) is 5.20. The van der Waals surface area contributed by atoms with Gasteiger partial charge in [-0.2, -0.15) is 0 Å². The van der Waals surface area contributed by atoms with Crippen molar-refractivity contribution in [3.8, 4) is 28.4 Å². The Labute approximate surface area is 254 Å². The number of ether oxygens (including phenoxy) is 3. The van der Waals surface area contributed by atoms with Gasteiger partial charge in [0.15, 0.2) is 0 Å². The summed E-state index contributed by atoms with van der Waals surface area (Å²) < 4.78 is 16.8. The molecule has 0 fully saturated rings. The molecule has 5 aromatic rings. The highest BCUT2D eigenvalue weighted by Gasteiger charge is 2.32. The Morgan fingerprint density at radius 2 is 0.884 bits per heavy atom. The van der Waals surface area contributed by atoms with Gasteiger partial charge in [-0.1, -0.05) is 109 Å². The number of hydrogen-bond donors (Lipinski definition) is 0. The Bertz CT molecular complexity index is 1680. The molecule has 1 aliphatic rings. The van der Waals surface area contributed by atoms with Crippen molar-refractivity contribution in [3.05, 3.63) is 151 Å². The van der Waals surface area contributed by atoms with Crippen LogP contribution in [0.5, 0.6) is 17.2 Å². The largest absolute Gasteiger partial charge is 0.497 e. The quantitative estimate of drug-likeness (QED) is 0.174. The molecule has 4 heteroatoms. The molecular formula is C39H35O3P. The van der Waals surface area contributed by atoms with Gasteiger partial charge in [0.05, 0.1) is 21.3 Å². The summed E-state index contributed by atoms with van der Waals surface area (Å²) in [5.74, 6) is 2.52. The molecule has 6 rings (SSSR count). The Morgan fingerprint density at radius 1 is 0.465 bits per heavy atom. The van der Waals surface area contributed by atoms with Gasteiger partial charge in [0.25, 0.3) is 0 Å². The monoisotopic (exact) mass is 582 g/mol. The molecule has 5 aromatic carbocycles. The highest BCUT2D eigenvalue weighted by atomic mass is 31.2. The van der Waals surface area contributed by atoms with E-state index in [1.807, 2.05) is 0 Å². The molecule has 0 bridgehead atoms. The van der Waals surface area contributed by atoms with E-state index in [0.29, 0.717) is 0 Å². The molecular weight excluding hydrogens is 547 g/mol. The fraction of sp³-hybridized carbons (Fsp3) is 0.103. The van der Waals surface area contributed by atoms with Crippen LogP contribution in [0.15, 0.2) is 146 Å². The van der Waals surface area contributed by atoms with E-state index in [1.165, 1.54) is 43.5 Å². The number of methoxy groups -OCH3 is 3. The van der Waals surface area contributed by atoms with Crippen LogP contribution in [0, 0.1) is 0 Å². The number of allylic oxidation sites excluding steroid dienone is 4. The standard InChI is InChI=1S/C39H35O3P/c1-40-32-17-23-35(24-18-32)43(36-25-19-33(41-2)20-26-36,37-27-21-34(42-3)22-28-37)39-12-8-7-11-38(39)31-15-13-30(14-16-31)29-9-5-4-6-10-29/h4-11,13-28H,12H2,1-3H3. The maximum atomic E-state index is 5.59. The maximum absolute atomic E-state index is 5.59. The predicted octanol–water partition coefficient (Wildman–Crippen LogP) is 7.89. The van der Waals surface area contributed by atoms with Gasteiger partial charge in [-0.3, -0.25) is 0 Å². The molecule has 0 aromatic heterocycles. The summed E-state index contributed by atoms with van der Waals surface area (Å²) in [6, 6.07) is 45.4. The molecule has 0 radical (unpaired) electrons. The second-order valence-corrected chi connectivity index (χ2v) is 13.8. The van der Waals surface area contributed by atoms with Crippen LogP contribution in [0.2, 0.25) is 0 Å². The molecule has 0 unspecified atom stereocenters. The van der Waals surface area contributed by atoms with Crippen LogP contribution in [-0.2, 0) is 0 Å². The third-order valence-electron chi connectivity index (χ3n) is 8.11. The number of benzene rings is 5. The van der Waals surface area contributed by atoms with Crippen molar-refractivity contribution >= 4 is 33.7 Å². The van der Waals surface area contributed by atoms with E-state index >= 15 is 0 Å². The zero-order valence-electron chi connectivity index (χ0n) is 24.7. The van der Waals surface area contributed by atoms with Crippen molar-refractivity contribution in [1.29, 1.82) is 0 Å². The third kappa shape index (κ3) is 5.45. The van der Waals surface area contributed by atoms with Crippen molar-refractivity contribution in [1.82, 2.24) is 0 Å². The van der Waals surface area contributed by atoms with Crippen molar-refractivity contribution in [2.24, 2.45) is 0 Å². The lowest BCUT2D eigenvalue weighted by atomic mass is 9.95. The van der Waals surface area contributed by atoms with Gasteiger partial charge < -0.3 is 14.2 Å². The molecule has 0 saturated carbocycles. The van der Waals surface area contributed by atoms with Crippen molar-refractivity contribution < 1.29 is 14.2 Å². The second-order valence-electron chi connectivity index (χ2n) is 10.4. The smallest absolute Gasteiger partial charge is 0.118 e. The van der Waals surface area contributed by atoms with E-state index in [4.69, 9.17) is 14.2 Å². The van der Waals surface area contributed by atoms with Crippen LogP contribution in [0.25, 0.3) is 16.7 Å². The van der Waals surface area contributed by atoms with E-state index in [9.17, 15) is 0 Å². The summed E-state index contributed by atoms with van der Waals surface area (Å²) in [4.78, 5) is 0. The SMILES string of the molecule is COc1ccc(P(=C2CC=CC=C2c2ccc(-c3ccccc3)cc2)(c2ccc(OC)cc2)c2ccc(OC)cc2)cc1. The van der Waals surface area contributed by atoms with Gasteiger partial charge in [-0.25, -0.2) is 0 Å².